The molecule has 0 spiro atoms. The van der Waals surface area contributed by atoms with Crippen LogP contribution in [0.25, 0.3) is 16.7 Å². The van der Waals surface area contributed by atoms with Crippen LogP contribution in [0, 0.1) is 0 Å². The van der Waals surface area contributed by atoms with Gasteiger partial charge in [-0.05, 0) is 26.2 Å². The monoisotopic (exact) mass is 246 g/mol. The Morgan fingerprint density at radius 1 is 1.28 bits per heavy atom. The number of benzene rings is 1. The first kappa shape index (κ1) is 12.6. The summed E-state index contributed by atoms with van der Waals surface area (Å²) in [5, 5.41) is 7.38. The van der Waals surface area contributed by atoms with Crippen molar-refractivity contribution in [3.05, 3.63) is 30.5 Å². The molecular formula is C13H20N5+. The topological polar surface area (TPSA) is 39.0 Å². The van der Waals surface area contributed by atoms with Crippen LogP contribution in [0.1, 0.15) is 0 Å². The van der Waals surface area contributed by atoms with E-state index in [-0.39, 0.29) is 0 Å². The van der Waals surface area contributed by atoms with Crippen molar-refractivity contribution in [1.29, 1.82) is 0 Å². The van der Waals surface area contributed by atoms with Crippen LogP contribution in [0.15, 0.2) is 30.5 Å². The molecule has 2 rings (SSSR count). The largest absolute Gasteiger partial charge is 0.380 e. The lowest BCUT2D eigenvalue weighted by atomic mass is 10.3. The summed E-state index contributed by atoms with van der Waals surface area (Å²) in [5.74, 6) is 0. The number of fused-ring (bicyclic) bond motifs is 1. The Morgan fingerprint density at radius 3 is 2.67 bits per heavy atom. The summed E-state index contributed by atoms with van der Waals surface area (Å²) in [4.78, 5) is 4.18. The smallest absolute Gasteiger partial charge is 0.249 e. The third-order valence-electron chi connectivity index (χ3n) is 2.57. The zero-order valence-electron chi connectivity index (χ0n) is 11.4. The third kappa shape index (κ3) is 2.68. The molecule has 0 atom stereocenters. The van der Waals surface area contributed by atoms with E-state index in [9.17, 15) is 0 Å². The SMILES string of the molecule is CN(C)/C=C(/CN(C)C)[n+]1[nH]nc2ccccc21. The molecule has 0 bridgehead atoms. The zero-order chi connectivity index (χ0) is 13.1. The van der Waals surface area contributed by atoms with Crippen LogP contribution in [0.5, 0.6) is 0 Å². The van der Waals surface area contributed by atoms with Crippen LogP contribution in [0.2, 0.25) is 0 Å². The second kappa shape index (κ2) is 5.18. The standard InChI is InChI=1S/C13H19N5/c1-16(2)9-11(10-17(3)4)18-13-8-6-5-7-12(13)14-15-18/h5-9H,10H2,1-4H3/p+1/b11-9-. The minimum atomic E-state index is 0.842. The predicted molar refractivity (Wildman–Crippen MR) is 72.8 cm³/mol. The number of para-hydroxylation sites is 2. The molecular weight excluding hydrogens is 226 g/mol. The van der Waals surface area contributed by atoms with Crippen LogP contribution in [-0.2, 0) is 0 Å². The van der Waals surface area contributed by atoms with E-state index in [2.05, 4.69) is 41.6 Å². The Kier molecular flexibility index (Phi) is 3.62. The van der Waals surface area contributed by atoms with Gasteiger partial charge in [-0.25, -0.2) is 0 Å². The number of rotatable bonds is 4. The average Bonchev–Trinajstić information content (AvgIpc) is 2.70. The van der Waals surface area contributed by atoms with E-state index in [1.807, 2.05) is 41.9 Å². The number of hydrogen-bond donors (Lipinski definition) is 1. The zero-order valence-corrected chi connectivity index (χ0v) is 11.4. The third-order valence-corrected chi connectivity index (χ3v) is 2.57. The van der Waals surface area contributed by atoms with Crippen molar-refractivity contribution in [1.82, 2.24) is 20.1 Å². The van der Waals surface area contributed by atoms with Crippen LogP contribution in [0.3, 0.4) is 0 Å². The Morgan fingerprint density at radius 2 is 2.00 bits per heavy atom. The van der Waals surface area contributed by atoms with E-state index in [1.54, 1.807) is 0 Å². The van der Waals surface area contributed by atoms with Crippen molar-refractivity contribution < 1.29 is 4.68 Å². The lowest BCUT2D eigenvalue weighted by molar-refractivity contribution is -0.622. The van der Waals surface area contributed by atoms with Gasteiger partial charge in [0.05, 0.1) is 6.54 Å². The van der Waals surface area contributed by atoms with Crippen molar-refractivity contribution in [2.24, 2.45) is 0 Å². The van der Waals surface area contributed by atoms with E-state index < -0.39 is 0 Å². The highest BCUT2D eigenvalue weighted by Gasteiger charge is 2.16. The molecule has 2 aromatic rings. The molecule has 0 aliphatic carbocycles. The fraction of sp³-hybridized carbons (Fsp3) is 0.385. The van der Waals surface area contributed by atoms with Crippen LogP contribution in [-0.4, -0.2) is 54.8 Å². The van der Waals surface area contributed by atoms with Gasteiger partial charge >= 0.3 is 0 Å². The predicted octanol–water partition coefficient (Wildman–Crippen LogP) is 0.772. The number of aromatic amines is 1. The van der Waals surface area contributed by atoms with Crippen molar-refractivity contribution in [2.75, 3.05) is 34.7 Å². The maximum atomic E-state index is 4.31. The summed E-state index contributed by atoms with van der Waals surface area (Å²) in [5.41, 5.74) is 3.21. The maximum Gasteiger partial charge on any atom is 0.249 e. The molecule has 0 amide bonds. The quantitative estimate of drug-likeness (QED) is 0.810. The number of H-pyrrole nitrogens is 1. The van der Waals surface area contributed by atoms with E-state index >= 15 is 0 Å². The van der Waals surface area contributed by atoms with Crippen LogP contribution < -0.4 is 4.68 Å². The fourth-order valence-corrected chi connectivity index (χ4v) is 1.92. The highest BCUT2D eigenvalue weighted by atomic mass is 15.4. The molecule has 0 aliphatic heterocycles. The second-order valence-corrected chi connectivity index (χ2v) is 4.86. The maximum absolute atomic E-state index is 4.31. The molecule has 1 aromatic carbocycles. The van der Waals surface area contributed by atoms with Gasteiger partial charge in [-0.2, -0.15) is 0 Å². The van der Waals surface area contributed by atoms with Gasteiger partial charge < -0.3 is 9.80 Å². The molecule has 1 N–H and O–H groups in total. The van der Waals surface area contributed by atoms with Crippen molar-refractivity contribution in [3.8, 4) is 0 Å². The first-order valence-electron chi connectivity index (χ1n) is 5.95. The molecule has 5 heteroatoms. The molecule has 0 fully saturated rings. The molecule has 0 aliphatic rings. The minimum Gasteiger partial charge on any atom is -0.380 e. The van der Waals surface area contributed by atoms with Crippen LogP contribution >= 0.6 is 0 Å². The van der Waals surface area contributed by atoms with Gasteiger partial charge in [-0.15, -0.1) is 4.68 Å². The van der Waals surface area contributed by atoms with Crippen LogP contribution in [0.4, 0.5) is 0 Å². The van der Waals surface area contributed by atoms with Gasteiger partial charge in [0.2, 0.25) is 11.0 Å². The first-order chi connectivity index (χ1) is 8.58. The van der Waals surface area contributed by atoms with Crippen molar-refractivity contribution >= 4 is 16.7 Å². The van der Waals surface area contributed by atoms with Gasteiger partial charge in [0.15, 0.2) is 5.70 Å². The van der Waals surface area contributed by atoms with Gasteiger partial charge in [0.1, 0.15) is 0 Å². The summed E-state index contributed by atoms with van der Waals surface area (Å²) < 4.78 is 2.02. The highest BCUT2D eigenvalue weighted by Crippen LogP contribution is 2.07. The van der Waals surface area contributed by atoms with Crippen molar-refractivity contribution in [3.63, 3.8) is 0 Å². The Hall–Kier alpha value is -1.88. The summed E-state index contributed by atoms with van der Waals surface area (Å²) >= 11 is 0. The van der Waals surface area contributed by atoms with Gasteiger partial charge in [0.25, 0.3) is 0 Å². The summed E-state index contributed by atoms with van der Waals surface area (Å²) in [6, 6.07) is 8.09. The Labute approximate surface area is 107 Å². The Balaban J connectivity index is 2.48. The molecule has 18 heavy (non-hydrogen) atoms. The van der Waals surface area contributed by atoms with Gasteiger partial charge in [-0.1, -0.05) is 17.3 Å². The highest BCUT2D eigenvalue weighted by molar-refractivity contribution is 5.71. The van der Waals surface area contributed by atoms with Gasteiger partial charge in [0, 0.05) is 25.4 Å². The molecule has 0 saturated carbocycles. The number of likely N-dealkylation sites (N-methyl/N-ethyl adjacent to an activating group) is 1. The minimum absolute atomic E-state index is 0.842. The average molecular weight is 246 g/mol. The summed E-state index contributed by atoms with van der Waals surface area (Å²) in [7, 11) is 8.16. The first-order valence-corrected chi connectivity index (χ1v) is 5.95. The van der Waals surface area contributed by atoms with E-state index in [1.165, 1.54) is 0 Å². The molecule has 1 aromatic heterocycles. The van der Waals surface area contributed by atoms with E-state index in [4.69, 9.17) is 0 Å². The lowest BCUT2D eigenvalue weighted by Crippen LogP contribution is -2.40. The summed E-state index contributed by atoms with van der Waals surface area (Å²) in [6.45, 7) is 0.842. The molecule has 0 radical (unpaired) electrons. The fourth-order valence-electron chi connectivity index (χ4n) is 1.92. The molecule has 0 saturated heterocycles. The molecule has 1 heterocycles. The molecule has 96 valence electrons. The number of nitrogens with one attached hydrogen (secondary N) is 1. The number of nitrogens with zero attached hydrogens (tertiary/aromatic N) is 4. The van der Waals surface area contributed by atoms with E-state index in [0.29, 0.717) is 0 Å². The molecule has 0 unspecified atom stereocenters. The van der Waals surface area contributed by atoms with Crippen molar-refractivity contribution in [2.45, 2.75) is 0 Å². The van der Waals surface area contributed by atoms with Gasteiger partial charge in [-0.3, -0.25) is 0 Å². The summed E-state index contributed by atoms with van der Waals surface area (Å²) in [6.07, 6.45) is 2.10. The second-order valence-electron chi connectivity index (χ2n) is 4.86. The van der Waals surface area contributed by atoms with E-state index in [0.717, 1.165) is 23.3 Å². The molecule has 5 nitrogen and oxygen atoms in total. The normalized spacial score (nSPS) is 12.4. The number of hydrogen-bond acceptors (Lipinski definition) is 3. The lowest BCUT2D eigenvalue weighted by Gasteiger charge is -2.13. The Bertz CT molecular complexity index is 553. The number of aromatic nitrogens is 3.